The molecule has 11 heteroatoms. The summed E-state index contributed by atoms with van der Waals surface area (Å²) in [6, 6.07) is 9.42. The second-order valence-corrected chi connectivity index (χ2v) is 9.17. The number of esters is 1. The van der Waals surface area contributed by atoms with Gasteiger partial charge in [-0.2, -0.15) is 0 Å². The zero-order valence-corrected chi connectivity index (χ0v) is 19.4. The molecule has 9 atom stereocenters. The first-order valence-corrected chi connectivity index (χ1v) is 11.2. The second-order valence-electron chi connectivity index (χ2n) is 9.17. The van der Waals surface area contributed by atoms with Gasteiger partial charge in [0.05, 0.1) is 20.3 Å². The molecule has 0 aromatic heterocycles. The molecule has 0 bridgehead atoms. The van der Waals surface area contributed by atoms with E-state index in [1.165, 1.54) is 14.2 Å². The predicted molar refractivity (Wildman–Crippen MR) is 111 cm³/mol. The van der Waals surface area contributed by atoms with Crippen LogP contribution in [-0.2, 0) is 47.4 Å². The number of methoxy groups -OCH3 is 2. The lowest BCUT2D eigenvalue weighted by molar-refractivity contribution is -0.314. The summed E-state index contributed by atoms with van der Waals surface area (Å²) in [6.45, 7) is 3.22. The van der Waals surface area contributed by atoms with E-state index in [4.69, 9.17) is 42.6 Å². The van der Waals surface area contributed by atoms with Crippen molar-refractivity contribution in [2.24, 2.45) is 0 Å². The van der Waals surface area contributed by atoms with Gasteiger partial charge in [-0.25, -0.2) is 4.79 Å². The van der Waals surface area contributed by atoms with Crippen LogP contribution < -0.4 is 0 Å². The molecule has 0 aliphatic carbocycles. The van der Waals surface area contributed by atoms with E-state index in [2.05, 4.69) is 0 Å². The highest BCUT2D eigenvalue weighted by molar-refractivity contribution is 5.75. The molecule has 34 heavy (non-hydrogen) atoms. The van der Waals surface area contributed by atoms with Crippen LogP contribution in [-0.4, -0.2) is 93.0 Å². The first kappa shape index (κ1) is 24.0. The van der Waals surface area contributed by atoms with Crippen molar-refractivity contribution in [3.63, 3.8) is 0 Å². The van der Waals surface area contributed by atoms with Crippen molar-refractivity contribution >= 4 is 5.97 Å². The van der Waals surface area contributed by atoms with Crippen LogP contribution in [0.1, 0.15) is 25.7 Å². The molecular weight excluding hydrogens is 452 g/mol. The topological polar surface area (TPSA) is 120 Å². The fourth-order valence-corrected chi connectivity index (χ4v) is 4.90. The molecular formula is C23H30O11. The summed E-state index contributed by atoms with van der Waals surface area (Å²) >= 11 is 0. The van der Waals surface area contributed by atoms with Crippen molar-refractivity contribution in [3.8, 4) is 0 Å². The lowest BCUT2D eigenvalue weighted by Crippen LogP contribution is -2.61. The Hall–Kier alpha value is -1.67. The fourth-order valence-electron chi connectivity index (χ4n) is 4.90. The normalized spacial score (nSPS) is 42.9. The maximum Gasteiger partial charge on any atom is 0.337 e. The highest BCUT2D eigenvalue weighted by Gasteiger charge is 2.63. The van der Waals surface area contributed by atoms with E-state index in [-0.39, 0.29) is 13.2 Å². The minimum absolute atomic E-state index is 0.0646. The van der Waals surface area contributed by atoms with E-state index in [1.54, 1.807) is 13.8 Å². The predicted octanol–water partition coefficient (Wildman–Crippen LogP) is 0.638. The first-order chi connectivity index (χ1) is 16.3. The molecule has 4 heterocycles. The highest BCUT2D eigenvalue weighted by Crippen LogP contribution is 2.46. The Balaban J connectivity index is 1.38. The van der Waals surface area contributed by atoms with Crippen LogP contribution in [0.5, 0.6) is 0 Å². The van der Waals surface area contributed by atoms with Crippen LogP contribution in [0.3, 0.4) is 0 Å². The number of hydrogen-bond donors (Lipinski definition) is 1. The summed E-state index contributed by atoms with van der Waals surface area (Å²) in [5.41, 5.74) is -0.279. The van der Waals surface area contributed by atoms with Crippen molar-refractivity contribution < 1.29 is 52.5 Å². The quantitative estimate of drug-likeness (QED) is 0.575. The van der Waals surface area contributed by atoms with Crippen molar-refractivity contribution in [2.45, 2.75) is 74.6 Å². The van der Waals surface area contributed by atoms with Crippen LogP contribution in [0.2, 0.25) is 0 Å². The Morgan fingerprint density at radius 2 is 1.79 bits per heavy atom. The maximum atomic E-state index is 12.4. The van der Waals surface area contributed by atoms with Crippen LogP contribution >= 0.6 is 0 Å². The van der Waals surface area contributed by atoms with Gasteiger partial charge < -0.3 is 47.7 Å². The van der Waals surface area contributed by atoms with Gasteiger partial charge in [0, 0.05) is 12.7 Å². The molecule has 0 unspecified atom stereocenters. The van der Waals surface area contributed by atoms with Crippen molar-refractivity contribution in [1.29, 1.82) is 0 Å². The molecule has 1 aromatic carbocycles. The fraction of sp³-hybridized carbons (Fsp3) is 0.696. The third-order valence-electron chi connectivity index (χ3n) is 6.50. The third kappa shape index (κ3) is 4.04. The Bertz CT molecular complexity index is 879. The molecule has 0 saturated carbocycles. The molecule has 0 amide bonds. The number of fused-ring (bicyclic) bond motifs is 2. The van der Waals surface area contributed by atoms with Crippen LogP contribution in [0, 0.1) is 0 Å². The number of carbonyl (C=O) groups is 1. The van der Waals surface area contributed by atoms with Crippen LogP contribution in [0.4, 0.5) is 0 Å². The third-order valence-corrected chi connectivity index (χ3v) is 6.50. The van der Waals surface area contributed by atoms with E-state index in [1.807, 2.05) is 30.3 Å². The summed E-state index contributed by atoms with van der Waals surface area (Å²) in [4.78, 5) is 12.4. The number of carbonyl (C=O) groups excluding carboxylic acids is 1. The average molecular weight is 482 g/mol. The molecule has 4 saturated heterocycles. The molecule has 11 nitrogen and oxygen atoms in total. The van der Waals surface area contributed by atoms with Crippen LogP contribution in [0.15, 0.2) is 30.3 Å². The zero-order valence-electron chi connectivity index (χ0n) is 19.4. The number of ether oxygens (including phenoxy) is 9. The standard InChI is InChI=1S/C23H30O11/c1-22(2)32-13-14(33-22)16(20(27-4)29-15(13)18(25)26-3)30-21-17-23(10-24,11-28-21)34-19(31-17)12-8-6-5-7-9-12/h5-9,13-17,19-21,24H,10-11H2,1-4H3/t13-,14+,15+,16-,17+,19+,20+,21+,23-/m1/s1. The summed E-state index contributed by atoms with van der Waals surface area (Å²) in [5, 5.41) is 10.2. The minimum atomic E-state index is -1.09. The Kier molecular flexibility index (Phi) is 6.42. The second kappa shape index (κ2) is 9.08. The lowest BCUT2D eigenvalue weighted by atomic mass is 9.98. The first-order valence-electron chi connectivity index (χ1n) is 11.2. The average Bonchev–Trinajstić information content (AvgIpc) is 3.48. The molecule has 4 aliphatic rings. The largest absolute Gasteiger partial charge is 0.467 e. The molecule has 188 valence electrons. The van der Waals surface area contributed by atoms with Gasteiger partial charge >= 0.3 is 5.97 Å². The maximum absolute atomic E-state index is 12.4. The van der Waals surface area contributed by atoms with Gasteiger partial charge in [-0.05, 0) is 13.8 Å². The number of aliphatic hydroxyl groups is 1. The summed E-state index contributed by atoms with van der Waals surface area (Å²) < 4.78 is 52.7. The molecule has 4 fully saturated rings. The van der Waals surface area contributed by atoms with Crippen molar-refractivity contribution in [1.82, 2.24) is 0 Å². The molecule has 0 radical (unpaired) electrons. The van der Waals surface area contributed by atoms with Gasteiger partial charge in [-0.15, -0.1) is 0 Å². The van der Waals surface area contributed by atoms with E-state index < -0.39 is 66.7 Å². The van der Waals surface area contributed by atoms with E-state index >= 15 is 0 Å². The molecule has 0 spiro atoms. The number of aliphatic hydroxyl groups excluding tert-OH is 1. The smallest absolute Gasteiger partial charge is 0.337 e. The Labute approximate surface area is 197 Å². The van der Waals surface area contributed by atoms with Gasteiger partial charge in [0.2, 0.25) is 0 Å². The number of benzene rings is 1. The summed E-state index contributed by atoms with van der Waals surface area (Å²) in [5.74, 6) is -1.60. The Morgan fingerprint density at radius 3 is 2.47 bits per heavy atom. The van der Waals surface area contributed by atoms with E-state index in [9.17, 15) is 9.90 Å². The van der Waals surface area contributed by atoms with Crippen molar-refractivity contribution in [3.05, 3.63) is 35.9 Å². The van der Waals surface area contributed by atoms with Gasteiger partial charge in [-0.1, -0.05) is 30.3 Å². The summed E-state index contributed by atoms with van der Waals surface area (Å²) in [7, 11) is 2.71. The highest BCUT2D eigenvalue weighted by atomic mass is 16.8. The number of rotatable bonds is 6. The lowest BCUT2D eigenvalue weighted by Gasteiger charge is -2.41. The van der Waals surface area contributed by atoms with E-state index in [0.29, 0.717) is 0 Å². The SMILES string of the molecule is COC(=O)[C@H]1O[C@H](OC)[C@H](O[C@@H]2OC[C@@]3(CO)O[C@@H](c4ccccc4)O[C@@H]23)[C@H]2OC(C)(C)O[C@H]21. The molecule has 1 N–H and O–H groups in total. The molecule has 5 rings (SSSR count). The number of hydrogen-bond acceptors (Lipinski definition) is 11. The van der Waals surface area contributed by atoms with Crippen LogP contribution in [0.25, 0.3) is 0 Å². The Morgan fingerprint density at radius 1 is 1.06 bits per heavy atom. The molecule has 4 aliphatic heterocycles. The van der Waals surface area contributed by atoms with Gasteiger partial charge in [0.15, 0.2) is 30.8 Å². The monoisotopic (exact) mass is 482 g/mol. The van der Waals surface area contributed by atoms with Crippen molar-refractivity contribution in [2.75, 3.05) is 27.4 Å². The minimum Gasteiger partial charge on any atom is -0.467 e. The van der Waals surface area contributed by atoms with Gasteiger partial charge in [-0.3, -0.25) is 0 Å². The zero-order chi connectivity index (χ0) is 24.1. The van der Waals surface area contributed by atoms with Gasteiger partial charge in [0.25, 0.3) is 0 Å². The molecule has 1 aromatic rings. The van der Waals surface area contributed by atoms with E-state index in [0.717, 1.165) is 5.56 Å². The van der Waals surface area contributed by atoms with Gasteiger partial charge in [0.1, 0.15) is 30.0 Å². The summed E-state index contributed by atoms with van der Waals surface area (Å²) in [6.07, 6.45) is -6.73.